The molecule has 0 aromatic rings. The van der Waals surface area contributed by atoms with E-state index in [0.29, 0.717) is 12.1 Å². The van der Waals surface area contributed by atoms with Crippen molar-refractivity contribution in [1.82, 2.24) is 20.4 Å². The van der Waals surface area contributed by atoms with Crippen LogP contribution in [0.3, 0.4) is 0 Å². The number of hydrogen-bond acceptors (Lipinski definition) is 4. The Morgan fingerprint density at radius 1 is 1.12 bits per heavy atom. The Morgan fingerprint density at radius 3 is 2.38 bits per heavy atom. The summed E-state index contributed by atoms with van der Waals surface area (Å²) in [4.78, 5) is 9.67. The van der Waals surface area contributed by atoms with E-state index in [-0.39, 0.29) is 0 Å². The molecule has 0 aromatic heterocycles. The first kappa shape index (κ1) is 21.2. The Labute approximate surface area is 149 Å². The van der Waals surface area contributed by atoms with E-state index in [9.17, 15) is 0 Å². The van der Waals surface area contributed by atoms with Crippen molar-refractivity contribution in [1.29, 1.82) is 0 Å². The van der Waals surface area contributed by atoms with Gasteiger partial charge in [-0.25, -0.2) is 0 Å². The van der Waals surface area contributed by atoms with Gasteiger partial charge in [-0.1, -0.05) is 0 Å². The molecular weight excluding hydrogens is 302 g/mol. The van der Waals surface area contributed by atoms with Gasteiger partial charge in [-0.2, -0.15) is 0 Å². The van der Waals surface area contributed by atoms with Gasteiger partial charge in [0.2, 0.25) is 0 Å². The SMILES string of the molecule is CCNC(=NCCCN(C(C)C)C(C)C)NCCN1CCOCC1. The highest BCUT2D eigenvalue weighted by molar-refractivity contribution is 5.79. The molecule has 1 rings (SSSR count). The molecule has 0 aromatic carbocycles. The number of nitrogens with one attached hydrogen (secondary N) is 2. The lowest BCUT2D eigenvalue weighted by atomic mass is 10.2. The van der Waals surface area contributed by atoms with Crippen LogP contribution in [0.5, 0.6) is 0 Å². The number of hydrogen-bond donors (Lipinski definition) is 2. The molecule has 1 aliphatic rings. The van der Waals surface area contributed by atoms with Gasteiger partial charge < -0.3 is 15.4 Å². The van der Waals surface area contributed by atoms with Crippen molar-refractivity contribution in [2.75, 3.05) is 59.0 Å². The maximum atomic E-state index is 5.38. The Balaban J connectivity index is 2.28. The van der Waals surface area contributed by atoms with E-state index in [2.05, 4.69) is 55.1 Å². The third kappa shape index (κ3) is 8.85. The van der Waals surface area contributed by atoms with Crippen molar-refractivity contribution in [3.8, 4) is 0 Å². The van der Waals surface area contributed by atoms with Crippen LogP contribution in [0.4, 0.5) is 0 Å². The molecule has 1 fully saturated rings. The van der Waals surface area contributed by atoms with Gasteiger partial charge >= 0.3 is 0 Å². The van der Waals surface area contributed by atoms with Gasteiger partial charge in [-0.3, -0.25) is 14.8 Å². The number of rotatable bonds is 10. The number of nitrogens with zero attached hydrogens (tertiary/aromatic N) is 3. The van der Waals surface area contributed by atoms with E-state index in [0.717, 1.165) is 71.4 Å². The van der Waals surface area contributed by atoms with Gasteiger partial charge in [0.1, 0.15) is 0 Å². The molecule has 6 nitrogen and oxygen atoms in total. The first-order chi connectivity index (χ1) is 11.5. The average molecular weight is 342 g/mol. The second-order valence-electron chi connectivity index (χ2n) is 6.92. The molecule has 0 saturated carbocycles. The van der Waals surface area contributed by atoms with Crippen LogP contribution in [0, 0.1) is 0 Å². The van der Waals surface area contributed by atoms with Gasteiger partial charge in [-0.15, -0.1) is 0 Å². The highest BCUT2D eigenvalue weighted by Gasteiger charge is 2.12. The minimum atomic E-state index is 0.592. The molecule has 0 amide bonds. The average Bonchev–Trinajstić information content (AvgIpc) is 2.54. The highest BCUT2D eigenvalue weighted by Crippen LogP contribution is 2.05. The van der Waals surface area contributed by atoms with Crippen LogP contribution in [0.25, 0.3) is 0 Å². The fraction of sp³-hybridized carbons (Fsp3) is 0.944. The highest BCUT2D eigenvalue weighted by atomic mass is 16.5. The third-order valence-electron chi connectivity index (χ3n) is 4.34. The molecule has 24 heavy (non-hydrogen) atoms. The summed E-state index contributed by atoms with van der Waals surface area (Å²) in [5, 5.41) is 6.78. The molecule has 0 bridgehead atoms. The molecule has 0 aliphatic carbocycles. The van der Waals surface area contributed by atoms with Crippen molar-refractivity contribution >= 4 is 5.96 Å². The number of morpholine rings is 1. The first-order valence-electron chi connectivity index (χ1n) is 9.62. The molecule has 0 atom stereocenters. The van der Waals surface area contributed by atoms with Crippen molar-refractivity contribution in [2.45, 2.75) is 53.1 Å². The lowest BCUT2D eigenvalue weighted by Gasteiger charge is -2.30. The first-order valence-corrected chi connectivity index (χ1v) is 9.62. The molecule has 6 heteroatoms. The van der Waals surface area contributed by atoms with Crippen molar-refractivity contribution < 1.29 is 4.74 Å². The lowest BCUT2D eigenvalue weighted by molar-refractivity contribution is 0.0389. The molecule has 2 N–H and O–H groups in total. The summed E-state index contributed by atoms with van der Waals surface area (Å²) >= 11 is 0. The van der Waals surface area contributed by atoms with Crippen LogP contribution in [0.2, 0.25) is 0 Å². The van der Waals surface area contributed by atoms with Crippen molar-refractivity contribution in [3.63, 3.8) is 0 Å². The number of ether oxygens (including phenoxy) is 1. The van der Waals surface area contributed by atoms with Gasteiger partial charge in [0.05, 0.1) is 13.2 Å². The van der Waals surface area contributed by atoms with Crippen molar-refractivity contribution in [2.24, 2.45) is 4.99 Å². The lowest BCUT2D eigenvalue weighted by Crippen LogP contribution is -2.44. The van der Waals surface area contributed by atoms with Gasteiger partial charge in [0, 0.05) is 57.9 Å². The summed E-state index contributed by atoms with van der Waals surface area (Å²) in [5.74, 6) is 0.936. The molecule has 0 unspecified atom stereocenters. The predicted molar refractivity (Wildman–Crippen MR) is 103 cm³/mol. The summed E-state index contributed by atoms with van der Waals surface area (Å²) in [6, 6.07) is 1.18. The van der Waals surface area contributed by atoms with E-state index < -0.39 is 0 Å². The predicted octanol–water partition coefficient (Wildman–Crippen LogP) is 1.38. The zero-order valence-electron chi connectivity index (χ0n) is 16.5. The quantitative estimate of drug-likeness (QED) is 0.357. The fourth-order valence-electron chi connectivity index (χ4n) is 3.06. The van der Waals surface area contributed by atoms with E-state index in [1.165, 1.54) is 0 Å². The topological polar surface area (TPSA) is 52.1 Å². The van der Waals surface area contributed by atoms with E-state index in [4.69, 9.17) is 9.73 Å². The van der Waals surface area contributed by atoms with Crippen LogP contribution >= 0.6 is 0 Å². The van der Waals surface area contributed by atoms with Gasteiger partial charge in [0.15, 0.2) is 5.96 Å². The minimum Gasteiger partial charge on any atom is -0.379 e. The number of guanidine groups is 1. The standard InChI is InChI=1S/C18H39N5O/c1-6-19-18(21-9-11-22-12-14-24-15-13-22)20-8-7-10-23(16(2)3)17(4)5/h16-17H,6-15H2,1-5H3,(H2,19,20,21). The summed E-state index contributed by atoms with van der Waals surface area (Å²) in [6.45, 7) is 19.8. The summed E-state index contributed by atoms with van der Waals surface area (Å²) in [6.07, 6.45) is 1.09. The van der Waals surface area contributed by atoms with E-state index in [1.807, 2.05) is 0 Å². The third-order valence-corrected chi connectivity index (χ3v) is 4.34. The smallest absolute Gasteiger partial charge is 0.191 e. The molecule has 1 aliphatic heterocycles. The molecule has 1 saturated heterocycles. The second kappa shape index (κ2) is 12.5. The Kier molecular flexibility index (Phi) is 11.0. The molecule has 0 spiro atoms. The van der Waals surface area contributed by atoms with Crippen LogP contribution in [-0.2, 0) is 4.74 Å². The van der Waals surface area contributed by atoms with Crippen LogP contribution in [0.1, 0.15) is 41.0 Å². The maximum absolute atomic E-state index is 5.38. The summed E-state index contributed by atoms with van der Waals surface area (Å²) in [5.41, 5.74) is 0. The Bertz CT molecular complexity index is 332. The van der Waals surface area contributed by atoms with E-state index >= 15 is 0 Å². The number of aliphatic imine (C=N–C) groups is 1. The largest absolute Gasteiger partial charge is 0.379 e. The molecule has 142 valence electrons. The van der Waals surface area contributed by atoms with Gasteiger partial charge in [-0.05, 0) is 41.0 Å². The van der Waals surface area contributed by atoms with Crippen LogP contribution in [0.15, 0.2) is 4.99 Å². The van der Waals surface area contributed by atoms with Crippen molar-refractivity contribution in [3.05, 3.63) is 0 Å². The normalized spacial score (nSPS) is 17.1. The Morgan fingerprint density at radius 2 is 1.79 bits per heavy atom. The molecule has 1 heterocycles. The zero-order chi connectivity index (χ0) is 17.8. The maximum Gasteiger partial charge on any atom is 0.191 e. The summed E-state index contributed by atoms with van der Waals surface area (Å²) < 4.78 is 5.38. The zero-order valence-corrected chi connectivity index (χ0v) is 16.5. The van der Waals surface area contributed by atoms with Crippen LogP contribution < -0.4 is 10.6 Å². The molecular formula is C18H39N5O. The summed E-state index contributed by atoms with van der Waals surface area (Å²) in [7, 11) is 0. The monoisotopic (exact) mass is 341 g/mol. The van der Waals surface area contributed by atoms with Crippen LogP contribution in [-0.4, -0.2) is 86.9 Å². The fourth-order valence-corrected chi connectivity index (χ4v) is 3.06. The van der Waals surface area contributed by atoms with Gasteiger partial charge in [0.25, 0.3) is 0 Å². The minimum absolute atomic E-state index is 0.592. The molecule has 0 radical (unpaired) electrons. The van der Waals surface area contributed by atoms with E-state index in [1.54, 1.807) is 0 Å². The Hall–Kier alpha value is -0.850. The second-order valence-corrected chi connectivity index (χ2v) is 6.92.